The van der Waals surface area contributed by atoms with Gasteiger partial charge in [0.05, 0.1) is 24.5 Å². The zero-order valence-electron chi connectivity index (χ0n) is 28.7. The second-order valence-electron chi connectivity index (χ2n) is 13.2. The quantitative estimate of drug-likeness (QED) is 0.104. The molecule has 2 aromatic rings. The molecule has 0 saturated carbocycles. The fourth-order valence-corrected chi connectivity index (χ4v) is 6.03. The molecular formula is C36H53N9O4. The maximum atomic E-state index is 13.9. The predicted octanol–water partition coefficient (Wildman–Crippen LogP) is 1.18. The topological polar surface area (TPSA) is 227 Å². The van der Waals surface area contributed by atoms with Crippen LogP contribution in [0.1, 0.15) is 50.7 Å². The van der Waals surface area contributed by atoms with E-state index in [9.17, 15) is 19.2 Å². The summed E-state index contributed by atoms with van der Waals surface area (Å²) in [6.07, 6.45) is 1.31. The number of rotatable bonds is 17. The van der Waals surface area contributed by atoms with E-state index in [2.05, 4.69) is 10.3 Å². The third kappa shape index (κ3) is 13.0. The molecule has 0 radical (unpaired) electrons. The van der Waals surface area contributed by atoms with Gasteiger partial charge in [0.1, 0.15) is 0 Å². The van der Waals surface area contributed by atoms with Gasteiger partial charge in [0.2, 0.25) is 11.8 Å². The summed E-state index contributed by atoms with van der Waals surface area (Å²) in [5, 5.41) is 10.7. The Bertz CT molecular complexity index is 1430. The lowest BCUT2D eigenvalue weighted by Crippen LogP contribution is -2.48. The average Bonchev–Trinajstić information content (AvgIpc) is 3.33. The van der Waals surface area contributed by atoms with Crippen molar-refractivity contribution in [1.82, 2.24) is 15.1 Å². The van der Waals surface area contributed by atoms with Gasteiger partial charge in [0.25, 0.3) is 0 Å². The van der Waals surface area contributed by atoms with Gasteiger partial charge in [-0.05, 0) is 42.7 Å². The summed E-state index contributed by atoms with van der Waals surface area (Å²) in [7, 11) is 0. The first-order valence-electron chi connectivity index (χ1n) is 17.0. The van der Waals surface area contributed by atoms with E-state index >= 15 is 0 Å². The number of guanidine groups is 2. The van der Waals surface area contributed by atoms with E-state index in [1.807, 2.05) is 74.5 Å². The van der Waals surface area contributed by atoms with Crippen LogP contribution in [-0.4, -0.2) is 89.9 Å². The van der Waals surface area contributed by atoms with Crippen LogP contribution in [0.5, 0.6) is 0 Å². The third-order valence-electron chi connectivity index (χ3n) is 8.71. The maximum absolute atomic E-state index is 13.9. The fourth-order valence-electron chi connectivity index (χ4n) is 6.03. The van der Waals surface area contributed by atoms with E-state index < -0.39 is 29.8 Å². The lowest BCUT2D eigenvalue weighted by Gasteiger charge is -2.28. The van der Waals surface area contributed by atoms with Crippen molar-refractivity contribution >= 4 is 35.3 Å². The number of hydrogen-bond donors (Lipinski definition) is 6. The zero-order chi connectivity index (χ0) is 35.9. The SMILES string of the molecule is CC(C)C[C@@H](NC(=O)[C@H](CC(=O)[C@H](N)Cc1ccccc1)Cc1ccccc1)C(=O)C[C@H](CN=C(N)N)C(=O)N1CCCN(C(=N)N)CC1. The smallest absolute Gasteiger partial charge is 0.228 e. The summed E-state index contributed by atoms with van der Waals surface area (Å²) in [4.78, 5) is 62.4. The minimum atomic E-state index is -0.897. The number of nitrogens with two attached hydrogens (primary N) is 4. The van der Waals surface area contributed by atoms with E-state index in [1.165, 1.54) is 0 Å². The Balaban J connectivity index is 1.79. The highest BCUT2D eigenvalue weighted by atomic mass is 16.2. The summed E-state index contributed by atoms with van der Waals surface area (Å²) in [6, 6.07) is 17.2. The molecule has 1 saturated heterocycles. The summed E-state index contributed by atoms with van der Waals surface area (Å²) in [5.74, 6) is -3.10. The van der Waals surface area contributed by atoms with E-state index in [4.69, 9.17) is 28.3 Å². The number of nitrogens with zero attached hydrogens (tertiary/aromatic N) is 3. The lowest BCUT2D eigenvalue weighted by atomic mass is 9.88. The number of amides is 2. The van der Waals surface area contributed by atoms with Gasteiger partial charge >= 0.3 is 0 Å². The van der Waals surface area contributed by atoms with Crippen molar-refractivity contribution in [3.63, 3.8) is 0 Å². The Kier molecular flexibility index (Phi) is 15.2. The van der Waals surface area contributed by atoms with Crippen LogP contribution in [0.2, 0.25) is 0 Å². The van der Waals surface area contributed by atoms with Crippen LogP contribution in [0.25, 0.3) is 0 Å². The van der Waals surface area contributed by atoms with E-state index in [1.54, 1.807) is 9.80 Å². The molecule has 0 aliphatic carbocycles. The minimum Gasteiger partial charge on any atom is -0.370 e. The summed E-state index contributed by atoms with van der Waals surface area (Å²) < 4.78 is 0. The summed E-state index contributed by atoms with van der Waals surface area (Å²) in [6.45, 7) is 5.50. The molecule has 49 heavy (non-hydrogen) atoms. The van der Waals surface area contributed by atoms with Crippen LogP contribution in [0.15, 0.2) is 65.7 Å². The van der Waals surface area contributed by atoms with Crippen molar-refractivity contribution in [2.75, 3.05) is 32.7 Å². The molecule has 3 rings (SSSR count). The summed E-state index contributed by atoms with van der Waals surface area (Å²) >= 11 is 0. The molecule has 4 atom stereocenters. The van der Waals surface area contributed by atoms with E-state index in [0.717, 1.165) is 11.1 Å². The van der Waals surface area contributed by atoms with Crippen molar-refractivity contribution in [3.8, 4) is 0 Å². The molecule has 0 spiro atoms. The monoisotopic (exact) mass is 675 g/mol. The first-order chi connectivity index (χ1) is 23.3. The minimum absolute atomic E-state index is 0.0396. The Morgan fingerprint density at radius 3 is 1.92 bits per heavy atom. The highest BCUT2D eigenvalue weighted by Gasteiger charge is 2.33. The van der Waals surface area contributed by atoms with Gasteiger partial charge in [-0.1, -0.05) is 74.5 Å². The van der Waals surface area contributed by atoms with Crippen molar-refractivity contribution in [2.24, 2.45) is 45.7 Å². The van der Waals surface area contributed by atoms with Gasteiger partial charge in [0, 0.05) is 44.9 Å². The molecule has 13 heteroatoms. The van der Waals surface area contributed by atoms with Gasteiger partial charge < -0.3 is 38.1 Å². The molecule has 1 aliphatic heterocycles. The van der Waals surface area contributed by atoms with Gasteiger partial charge in [0.15, 0.2) is 23.5 Å². The van der Waals surface area contributed by atoms with Crippen LogP contribution in [0.3, 0.4) is 0 Å². The number of hydrogen-bond acceptors (Lipinski definition) is 7. The molecule has 0 bridgehead atoms. The number of nitrogens with one attached hydrogen (secondary N) is 2. The highest BCUT2D eigenvalue weighted by Crippen LogP contribution is 2.20. The largest absolute Gasteiger partial charge is 0.370 e. The molecule has 1 fully saturated rings. The molecule has 0 unspecified atom stereocenters. The van der Waals surface area contributed by atoms with Gasteiger partial charge in [-0.25, -0.2) is 0 Å². The first-order valence-corrected chi connectivity index (χ1v) is 17.0. The third-order valence-corrected chi connectivity index (χ3v) is 8.71. The van der Waals surface area contributed by atoms with Crippen molar-refractivity contribution in [1.29, 1.82) is 5.41 Å². The van der Waals surface area contributed by atoms with Crippen molar-refractivity contribution < 1.29 is 19.2 Å². The van der Waals surface area contributed by atoms with Crippen LogP contribution >= 0.6 is 0 Å². The van der Waals surface area contributed by atoms with E-state index in [0.29, 0.717) is 45.4 Å². The molecule has 1 aliphatic rings. The molecule has 13 nitrogen and oxygen atoms in total. The Morgan fingerprint density at radius 2 is 1.35 bits per heavy atom. The Hall–Kier alpha value is -4.78. The van der Waals surface area contributed by atoms with Crippen LogP contribution in [-0.2, 0) is 32.0 Å². The molecule has 10 N–H and O–H groups in total. The number of carbonyl (C=O) groups excluding carboxylic acids is 4. The average molecular weight is 676 g/mol. The van der Waals surface area contributed by atoms with E-state index in [-0.39, 0.29) is 61.1 Å². The van der Waals surface area contributed by atoms with Crippen LogP contribution < -0.4 is 28.3 Å². The Labute approximate surface area is 289 Å². The normalized spacial score (nSPS) is 15.8. The number of carbonyl (C=O) groups is 4. The summed E-state index contributed by atoms with van der Waals surface area (Å²) in [5.41, 5.74) is 25.0. The first kappa shape index (κ1) is 38.7. The highest BCUT2D eigenvalue weighted by molar-refractivity contribution is 5.95. The fraction of sp³-hybridized carbons (Fsp3) is 0.500. The second-order valence-corrected chi connectivity index (χ2v) is 13.2. The predicted molar refractivity (Wildman–Crippen MR) is 191 cm³/mol. The standard InChI is InChI=1S/C36H53N9O4/c1-24(2)18-30(32(47)22-28(23-42-35(38)39)34(49)44-14-9-15-45(17-16-44)36(40)41)43-33(48)27(19-25-10-5-3-6-11-25)21-31(46)29(37)20-26-12-7-4-8-13-26/h3-8,10-13,24,27-30H,9,14-23,37H2,1-2H3,(H3,40,41)(H,43,48)(H4,38,39,42)/t27-,28+,29+,30+/m0/s1. The van der Waals surface area contributed by atoms with Gasteiger partial charge in [-0.15, -0.1) is 0 Å². The second kappa shape index (κ2) is 19.3. The molecule has 266 valence electrons. The van der Waals surface area contributed by atoms with Gasteiger partial charge in [-0.2, -0.15) is 0 Å². The maximum Gasteiger partial charge on any atom is 0.228 e. The van der Waals surface area contributed by atoms with Crippen molar-refractivity contribution in [2.45, 2.75) is 64.5 Å². The molecule has 2 aromatic carbocycles. The van der Waals surface area contributed by atoms with Crippen LogP contribution in [0, 0.1) is 23.2 Å². The molecule has 1 heterocycles. The van der Waals surface area contributed by atoms with Gasteiger partial charge in [-0.3, -0.25) is 29.6 Å². The Morgan fingerprint density at radius 1 is 0.796 bits per heavy atom. The molecule has 2 amide bonds. The zero-order valence-corrected chi connectivity index (χ0v) is 28.7. The number of ketones is 2. The number of Topliss-reactive ketones (excluding diaryl/α,β-unsaturated/α-hetero) is 2. The lowest BCUT2D eigenvalue weighted by molar-refractivity contribution is -0.138. The number of benzene rings is 2. The molecular weight excluding hydrogens is 622 g/mol. The number of aliphatic imine (C=N–C) groups is 1. The molecule has 0 aromatic heterocycles. The van der Waals surface area contributed by atoms with Crippen molar-refractivity contribution in [3.05, 3.63) is 71.8 Å². The van der Waals surface area contributed by atoms with Crippen LogP contribution in [0.4, 0.5) is 0 Å².